The lowest BCUT2D eigenvalue weighted by molar-refractivity contribution is 0.0700. The molecule has 2 aliphatic rings. The summed E-state index contributed by atoms with van der Waals surface area (Å²) in [6, 6.07) is 30.9. The molecule has 0 bridgehead atoms. The molecule has 0 saturated carbocycles. The van der Waals surface area contributed by atoms with Gasteiger partial charge in [0.05, 0.1) is 11.1 Å². The van der Waals surface area contributed by atoms with Crippen molar-refractivity contribution in [3.05, 3.63) is 107 Å². The molecule has 38 heavy (non-hydrogen) atoms. The maximum atomic E-state index is 13.8. The number of benzene rings is 3. The monoisotopic (exact) mass is 522 g/mol. The van der Waals surface area contributed by atoms with Crippen LogP contribution in [0.3, 0.4) is 0 Å². The van der Waals surface area contributed by atoms with E-state index >= 15 is 0 Å². The van der Waals surface area contributed by atoms with Crippen molar-refractivity contribution in [2.45, 2.75) is 57.7 Å². The second-order valence-electron chi connectivity index (χ2n) is 12.8. The van der Waals surface area contributed by atoms with Gasteiger partial charge in [0.15, 0.2) is 0 Å². The van der Waals surface area contributed by atoms with Crippen molar-refractivity contribution >= 4 is 24.9 Å². The Bertz CT molecular complexity index is 1490. The molecule has 4 aromatic rings. The molecule has 1 saturated heterocycles. The lowest BCUT2D eigenvalue weighted by Gasteiger charge is -2.34. The van der Waals surface area contributed by atoms with Crippen LogP contribution in [0.2, 0.25) is 25.7 Å². The van der Waals surface area contributed by atoms with Gasteiger partial charge >= 0.3 is 0 Å². The molecular formula is C33H38N2O2Si. The molecule has 0 aliphatic carbocycles. The van der Waals surface area contributed by atoms with Crippen molar-refractivity contribution in [2.24, 2.45) is 5.41 Å². The third-order valence-electron chi connectivity index (χ3n) is 8.50. The second kappa shape index (κ2) is 9.25. The van der Waals surface area contributed by atoms with E-state index in [-0.39, 0.29) is 11.3 Å². The van der Waals surface area contributed by atoms with Crippen molar-refractivity contribution < 1.29 is 9.53 Å². The molecule has 0 spiro atoms. The van der Waals surface area contributed by atoms with E-state index in [2.05, 4.69) is 109 Å². The molecule has 3 aromatic carbocycles. The van der Waals surface area contributed by atoms with Gasteiger partial charge in [-0.1, -0.05) is 93.3 Å². The van der Waals surface area contributed by atoms with Gasteiger partial charge in [-0.25, -0.2) is 0 Å². The quantitative estimate of drug-likeness (QED) is 0.180. The standard InChI is InChI=1S/C33H38N2O2Si/c1-32(21-27-20-25-12-8-11-17-30(25)34(27)24-37-18-19-38(2,3)4)22-33(26-13-6-5-7-14-26)29-16-10-9-15-28(29)31(36)35(33)23-32/h5-17,20H,18-19,21-24H2,1-4H3/t32-,33-/m1/s1. The number of fused-ring (bicyclic) bond motifs is 4. The average Bonchev–Trinajstić information content (AvgIpc) is 3.48. The number of aromatic nitrogens is 1. The summed E-state index contributed by atoms with van der Waals surface area (Å²) in [4.78, 5) is 15.9. The van der Waals surface area contributed by atoms with Crippen LogP contribution in [0.5, 0.6) is 0 Å². The van der Waals surface area contributed by atoms with Gasteiger partial charge in [-0.2, -0.15) is 0 Å². The molecule has 196 valence electrons. The number of para-hydroxylation sites is 1. The first kappa shape index (κ1) is 25.1. The largest absolute Gasteiger partial charge is 0.361 e. The van der Waals surface area contributed by atoms with E-state index < -0.39 is 13.6 Å². The van der Waals surface area contributed by atoms with Crippen LogP contribution in [0.1, 0.15) is 40.5 Å². The molecule has 6 rings (SSSR count). The smallest absolute Gasteiger partial charge is 0.255 e. The first-order chi connectivity index (χ1) is 18.2. The average molecular weight is 523 g/mol. The third kappa shape index (κ3) is 4.22. The zero-order valence-electron chi connectivity index (χ0n) is 23.0. The van der Waals surface area contributed by atoms with E-state index in [0.717, 1.165) is 43.2 Å². The molecule has 0 unspecified atom stereocenters. The highest BCUT2D eigenvalue weighted by atomic mass is 28.3. The van der Waals surface area contributed by atoms with E-state index in [1.807, 2.05) is 12.1 Å². The van der Waals surface area contributed by atoms with E-state index in [0.29, 0.717) is 6.73 Å². The van der Waals surface area contributed by atoms with Crippen molar-refractivity contribution in [1.82, 2.24) is 9.47 Å². The normalized spacial score (nSPS) is 22.7. The summed E-state index contributed by atoms with van der Waals surface area (Å²) in [5.41, 5.74) is 5.21. The van der Waals surface area contributed by atoms with Gasteiger partial charge in [-0.15, -0.1) is 0 Å². The summed E-state index contributed by atoms with van der Waals surface area (Å²) in [6.45, 7) is 11.6. The number of hydrogen-bond acceptors (Lipinski definition) is 2. The third-order valence-corrected chi connectivity index (χ3v) is 10.2. The fraction of sp³-hybridized carbons (Fsp3) is 0.364. The number of amides is 1. The molecule has 1 fully saturated rings. The van der Waals surface area contributed by atoms with Crippen molar-refractivity contribution in [3.63, 3.8) is 0 Å². The fourth-order valence-corrected chi connectivity index (χ4v) is 7.49. The lowest BCUT2D eigenvalue weighted by atomic mass is 9.73. The minimum absolute atomic E-state index is 0.0799. The van der Waals surface area contributed by atoms with Crippen molar-refractivity contribution in [3.8, 4) is 0 Å². The SMILES string of the molecule is C[C@]1(Cc2cc3ccccc3n2COCC[Si](C)(C)C)CN2C(=O)c3ccccc3[C@]2(c2ccccc2)C1. The van der Waals surface area contributed by atoms with Gasteiger partial charge in [0, 0.05) is 32.5 Å². The summed E-state index contributed by atoms with van der Waals surface area (Å²) in [7, 11) is -1.15. The zero-order valence-corrected chi connectivity index (χ0v) is 24.0. The fourth-order valence-electron chi connectivity index (χ4n) is 6.73. The molecule has 5 heteroatoms. The van der Waals surface area contributed by atoms with Crippen LogP contribution in [0.15, 0.2) is 84.9 Å². The topological polar surface area (TPSA) is 34.5 Å². The van der Waals surface area contributed by atoms with Gasteiger partial charge < -0.3 is 14.2 Å². The minimum Gasteiger partial charge on any atom is -0.361 e. The zero-order chi connectivity index (χ0) is 26.5. The van der Waals surface area contributed by atoms with E-state index in [1.54, 1.807) is 0 Å². The predicted molar refractivity (Wildman–Crippen MR) is 157 cm³/mol. The lowest BCUT2D eigenvalue weighted by Crippen LogP contribution is -2.39. The number of carbonyl (C=O) groups is 1. The molecule has 3 heterocycles. The van der Waals surface area contributed by atoms with E-state index in [1.165, 1.54) is 22.2 Å². The Morgan fingerprint density at radius 2 is 1.63 bits per heavy atom. The molecule has 0 N–H and O–H groups in total. The van der Waals surface area contributed by atoms with Gasteiger partial charge in [0.25, 0.3) is 5.91 Å². The van der Waals surface area contributed by atoms with Gasteiger partial charge in [0.1, 0.15) is 6.73 Å². The summed E-state index contributed by atoms with van der Waals surface area (Å²) >= 11 is 0. The highest BCUT2D eigenvalue weighted by Gasteiger charge is 2.59. The van der Waals surface area contributed by atoms with Crippen LogP contribution in [0, 0.1) is 5.41 Å². The summed E-state index contributed by atoms with van der Waals surface area (Å²) in [6.07, 6.45) is 1.78. The number of nitrogens with zero attached hydrogens (tertiary/aromatic N) is 2. The van der Waals surface area contributed by atoms with Crippen LogP contribution in [-0.2, 0) is 23.4 Å². The van der Waals surface area contributed by atoms with Crippen LogP contribution in [-0.4, -0.2) is 36.6 Å². The maximum absolute atomic E-state index is 13.8. The Balaban J connectivity index is 1.36. The predicted octanol–water partition coefficient (Wildman–Crippen LogP) is 7.31. The van der Waals surface area contributed by atoms with Crippen LogP contribution in [0.4, 0.5) is 0 Å². The first-order valence-corrected chi connectivity index (χ1v) is 17.5. The molecular weight excluding hydrogens is 484 g/mol. The van der Waals surface area contributed by atoms with E-state index in [4.69, 9.17) is 4.74 Å². The number of ether oxygens (including phenoxy) is 1. The van der Waals surface area contributed by atoms with Crippen LogP contribution < -0.4 is 0 Å². The van der Waals surface area contributed by atoms with Crippen molar-refractivity contribution in [1.29, 1.82) is 0 Å². The Morgan fingerprint density at radius 1 is 0.921 bits per heavy atom. The van der Waals surface area contributed by atoms with Gasteiger partial charge in [-0.05, 0) is 59.0 Å². The highest BCUT2D eigenvalue weighted by molar-refractivity contribution is 6.76. The first-order valence-electron chi connectivity index (χ1n) is 13.8. The van der Waals surface area contributed by atoms with Crippen LogP contribution >= 0.6 is 0 Å². The molecule has 2 atom stereocenters. The van der Waals surface area contributed by atoms with Gasteiger partial charge in [-0.3, -0.25) is 4.79 Å². The maximum Gasteiger partial charge on any atom is 0.255 e. The number of carbonyl (C=O) groups excluding carboxylic acids is 1. The van der Waals surface area contributed by atoms with E-state index in [9.17, 15) is 4.79 Å². The minimum atomic E-state index is -1.15. The molecule has 1 amide bonds. The number of rotatable bonds is 8. The van der Waals surface area contributed by atoms with Gasteiger partial charge in [0.2, 0.25) is 0 Å². The van der Waals surface area contributed by atoms with Crippen LogP contribution in [0.25, 0.3) is 10.9 Å². The Labute approximate surface area is 227 Å². The summed E-state index contributed by atoms with van der Waals surface area (Å²) in [5.74, 6) is 0.156. The molecule has 1 aromatic heterocycles. The summed E-state index contributed by atoms with van der Waals surface area (Å²) in [5, 5.41) is 1.25. The highest BCUT2D eigenvalue weighted by Crippen LogP contribution is 2.57. The second-order valence-corrected chi connectivity index (χ2v) is 18.4. The Kier molecular flexibility index (Phi) is 6.12. The molecule has 2 aliphatic heterocycles. The molecule has 4 nitrogen and oxygen atoms in total. The van der Waals surface area contributed by atoms with Crippen molar-refractivity contribution in [2.75, 3.05) is 13.2 Å². The molecule has 0 radical (unpaired) electrons. The Hall–Kier alpha value is -3.15. The summed E-state index contributed by atoms with van der Waals surface area (Å²) < 4.78 is 8.62. The Morgan fingerprint density at radius 3 is 2.42 bits per heavy atom. The number of hydrogen-bond donors (Lipinski definition) is 0.